The number of ether oxygens (including phenoxy) is 1. The maximum Gasteiger partial charge on any atom is 0.294 e. The van der Waals surface area contributed by atoms with Crippen molar-refractivity contribution >= 4 is 0 Å². The molecule has 3 rings (SSSR count). The molecule has 0 saturated heterocycles. The number of H-pyrrole nitrogens is 1. The summed E-state index contributed by atoms with van der Waals surface area (Å²) in [5.74, 6) is 0.751. The average molecular weight is 278 g/mol. The van der Waals surface area contributed by atoms with E-state index in [1.54, 1.807) is 0 Å². The fraction of sp³-hybridized carbons (Fsp3) is 0.0588. The minimum absolute atomic E-state index is 0.223. The van der Waals surface area contributed by atoms with E-state index < -0.39 is 0 Å². The third-order valence-electron chi connectivity index (χ3n) is 3.18. The van der Waals surface area contributed by atoms with E-state index in [0.717, 1.165) is 11.1 Å². The SMILES string of the molecule is COc1c(-c2ccccc2)nc(-c2ccccc2)[nH]c1=O. The predicted octanol–water partition coefficient (Wildman–Crippen LogP) is 3.11. The zero-order valence-corrected chi connectivity index (χ0v) is 11.5. The first-order valence-corrected chi connectivity index (χ1v) is 6.59. The predicted molar refractivity (Wildman–Crippen MR) is 82.3 cm³/mol. The maximum absolute atomic E-state index is 12.2. The van der Waals surface area contributed by atoms with E-state index in [-0.39, 0.29) is 11.3 Å². The number of hydrogen-bond donors (Lipinski definition) is 1. The molecular weight excluding hydrogens is 264 g/mol. The van der Waals surface area contributed by atoms with Crippen molar-refractivity contribution in [2.24, 2.45) is 0 Å². The lowest BCUT2D eigenvalue weighted by Crippen LogP contribution is -2.13. The highest BCUT2D eigenvalue weighted by atomic mass is 16.5. The number of methoxy groups -OCH3 is 1. The molecule has 4 nitrogen and oxygen atoms in total. The van der Waals surface area contributed by atoms with Gasteiger partial charge < -0.3 is 9.72 Å². The van der Waals surface area contributed by atoms with E-state index in [1.165, 1.54) is 7.11 Å². The van der Waals surface area contributed by atoms with Crippen LogP contribution in [0.25, 0.3) is 22.6 Å². The van der Waals surface area contributed by atoms with E-state index in [1.807, 2.05) is 60.7 Å². The summed E-state index contributed by atoms with van der Waals surface area (Å²) in [6, 6.07) is 19.1. The van der Waals surface area contributed by atoms with Gasteiger partial charge in [-0.25, -0.2) is 4.98 Å². The number of nitrogens with one attached hydrogen (secondary N) is 1. The molecule has 0 aliphatic carbocycles. The fourth-order valence-electron chi connectivity index (χ4n) is 2.18. The Morgan fingerprint density at radius 3 is 2.05 bits per heavy atom. The lowest BCUT2D eigenvalue weighted by atomic mass is 10.1. The Kier molecular flexibility index (Phi) is 3.51. The van der Waals surface area contributed by atoms with Crippen LogP contribution in [0, 0.1) is 0 Å². The topological polar surface area (TPSA) is 55.0 Å². The summed E-state index contributed by atoms with van der Waals surface area (Å²) in [7, 11) is 1.47. The van der Waals surface area contributed by atoms with Crippen LogP contribution in [0.15, 0.2) is 65.5 Å². The summed E-state index contributed by atoms with van der Waals surface area (Å²) in [5.41, 5.74) is 1.96. The molecule has 0 saturated carbocycles. The Morgan fingerprint density at radius 1 is 0.905 bits per heavy atom. The van der Waals surface area contributed by atoms with Gasteiger partial charge in [0.25, 0.3) is 5.56 Å². The maximum atomic E-state index is 12.2. The third-order valence-corrected chi connectivity index (χ3v) is 3.18. The van der Waals surface area contributed by atoms with Gasteiger partial charge in [0.2, 0.25) is 5.75 Å². The fourth-order valence-corrected chi connectivity index (χ4v) is 2.18. The molecule has 21 heavy (non-hydrogen) atoms. The molecule has 0 fully saturated rings. The van der Waals surface area contributed by atoms with Crippen molar-refractivity contribution in [2.75, 3.05) is 7.11 Å². The van der Waals surface area contributed by atoms with Gasteiger partial charge in [-0.3, -0.25) is 4.79 Å². The molecule has 104 valence electrons. The molecule has 0 radical (unpaired) electrons. The normalized spacial score (nSPS) is 10.3. The smallest absolute Gasteiger partial charge is 0.294 e. The van der Waals surface area contributed by atoms with Crippen LogP contribution in [-0.2, 0) is 0 Å². The molecule has 0 aliphatic heterocycles. The number of benzene rings is 2. The van der Waals surface area contributed by atoms with Crippen LogP contribution in [0.5, 0.6) is 5.75 Å². The minimum atomic E-state index is -0.287. The van der Waals surface area contributed by atoms with Crippen molar-refractivity contribution in [3.05, 3.63) is 71.0 Å². The van der Waals surface area contributed by atoms with Gasteiger partial charge in [0.1, 0.15) is 11.5 Å². The highest BCUT2D eigenvalue weighted by molar-refractivity contribution is 5.68. The largest absolute Gasteiger partial charge is 0.490 e. The quantitative estimate of drug-likeness (QED) is 0.801. The van der Waals surface area contributed by atoms with E-state index in [0.29, 0.717) is 11.5 Å². The van der Waals surface area contributed by atoms with E-state index in [9.17, 15) is 4.79 Å². The monoisotopic (exact) mass is 278 g/mol. The zero-order chi connectivity index (χ0) is 14.7. The van der Waals surface area contributed by atoms with Gasteiger partial charge in [-0.15, -0.1) is 0 Å². The number of hydrogen-bond acceptors (Lipinski definition) is 3. The molecule has 0 bridgehead atoms. The van der Waals surface area contributed by atoms with Crippen molar-refractivity contribution in [1.82, 2.24) is 9.97 Å². The Bertz CT molecular complexity index is 796. The van der Waals surface area contributed by atoms with E-state index in [2.05, 4.69) is 9.97 Å². The molecule has 1 aromatic heterocycles. The van der Waals surface area contributed by atoms with Crippen LogP contribution < -0.4 is 10.3 Å². The van der Waals surface area contributed by atoms with Gasteiger partial charge in [-0.2, -0.15) is 0 Å². The molecule has 1 N–H and O–H groups in total. The summed E-state index contributed by atoms with van der Waals surface area (Å²) in [6.45, 7) is 0. The zero-order valence-electron chi connectivity index (χ0n) is 11.5. The number of nitrogens with zero attached hydrogens (tertiary/aromatic N) is 1. The summed E-state index contributed by atoms with van der Waals surface area (Å²) in [4.78, 5) is 19.5. The van der Waals surface area contributed by atoms with Crippen molar-refractivity contribution in [3.63, 3.8) is 0 Å². The lowest BCUT2D eigenvalue weighted by molar-refractivity contribution is 0.408. The molecular formula is C17H14N2O2. The van der Waals surface area contributed by atoms with Crippen LogP contribution in [0.4, 0.5) is 0 Å². The molecule has 4 heteroatoms. The second-order valence-corrected chi connectivity index (χ2v) is 4.53. The highest BCUT2D eigenvalue weighted by Crippen LogP contribution is 2.26. The van der Waals surface area contributed by atoms with Crippen LogP contribution in [0.2, 0.25) is 0 Å². The Balaban J connectivity index is 2.23. The van der Waals surface area contributed by atoms with Crippen LogP contribution in [0.3, 0.4) is 0 Å². The first kappa shape index (κ1) is 13.1. The third kappa shape index (κ3) is 2.56. The summed E-state index contributed by atoms with van der Waals surface area (Å²) in [5, 5.41) is 0. The molecule has 0 spiro atoms. The number of aromatic nitrogens is 2. The molecule has 3 aromatic rings. The second kappa shape index (κ2) is 5.63. The Morgan fingerprint density at radius 2 is 1.48 bits per heavy atom. The number of aromatic amines is 1. The minimum Gasteiger partial charge on any atom is -0.490 e. The first-order chi connectivity index (χ1) is 10.3. The molecule has 0 aliphatic rings. The van der Waals surface area contributed by atoms with Crippen molar-refractivity contribution in [1.29, 1.82) is 0 Å². The Labute approximate surface area is 122 Å². The van der Waals surface area contributed by atoms with Crippen molar-refractivity contribution < 1.29 is 4.74 Å². The molecule has 1 heterocycles. The summed E-state index contributed by atoms with van der Waals surface area (Å²) >= 11 is 0. The molecule has 0 atom stereocenters. The lowest BCUT2D eigenvalue weighted by Gasteiger charge is -2.09. The highest BCUT2D eigenvalue weighted by Gasteiger charge is 2.14. The van der Waals surface area contributed by atoms with Gasteiger partial charge in [-0.05, 0) is 0 Å². The van der Waals surface area contributed by atoms with E-state index >= 15 is 0 Å². The van der Waals surface area contributed by atoms with Gasteiger partial charge >= 0.3 is 0 Å². The summed E-state index contributed by atoms with van der Waals surface area (Å²) in [6.07, 6.45) is 0. The van der Waals surface area contributed by atoms with Gasteiger partial charge in [0, 0.05) is 11.1 Å². The second-order valence-electron chi connectivity index (χ2n) is 4.53. The van der Waals surface area contributed by atoms with Crippen LogP contribution in [-0.4, -0.2) is 17.1 Å². The van der Waals surface area contributed by atoms with Crippen LogP contribution in [0.1, 0.15) is 0 Å². The van der Waals surface area contributed by atoms with Gasteiger partial charge in [0.15, 0.2) is 0 Å². The van der Waals surface area contributed by atoms with Crippen LogP contribution >= 0.6 is 0 Å². The van der Waals surface area contributed by atoms with Crippen molar-refractivity contribution in [3.8, 4) is 28.4 Å². The molecule has 0 amide bonds. The van der Waals surface area contributed by atoms with E-state index in [4.69, 9.17) is 4.74 Å². The standard InChI is InChI=1S/C17H14N2O2/c1-21-15-14(12-8-4-2-5-9-12)18-16(19-17(15)20)13-10-6-3-7-11-13/h2-11H,1H3,(H,18,19,20). The van der Waals surface area contributed by atoms with Crippen molar-refractivity contribution in [2.45, 2.75) is 0 Å². The molecule has 2 aromatic carbocycles. The van der Waals surface area contributed by atoms with Gasteiger partial charge in [0.05, 0.1) is 7.11 Å². The summed E-state index contributed by atoms with van der Waals surface area (Å²) < 4.78 is 5.22. The average Bonchev–Trinajstić information content (AvgIpc) is 2.55. The number of rotatable bonds is 3. The molecule has 0 unspecified atom stereocenters. The van der Waals surface area contributed by atoms with Gasteiger partial charge in [-0.1, -0.05) is 60.7 Å². The first-order valence-electron chi connectivity index (χ1n) is 6.59. The Hall–Kier alpha value is -2.88.